The molecule has 0 aliphatic heterocycles. The Morgan fingerprint density at radius 3 is 2.46 bits per heavy atom. The molecule has 158 valence electrons. The Morgan fingerprint density at radius 1 is 1.25 bits per heavy atom. The second-order valence-corrected chi connectivity index (χ2v) is 7.47. The lowest BCUT2D eigenvalue weighted by molar-refractivity contribution is -0.127. The number of likely N-dealkylation sites (N-methyl/N-ethyl adjacent to an activating group) is 1. The van der Waals surface area contributed by atoms with Crippen molar-refractivity contribution in [2.45, 2.75) is 51.0 Å². The number of ether oxygens (including phenoxy) is 1. The zero-order valence-corrected chi connectivity index (χ0v) is 19.9. The highest BCUT2D eigenvalue weighted by atomic mass is 127. The van der Waals surface area contributed by atoms with Crippen molar-refractivity contribution >= 4 is 35.8 Å². The summed E-state index contributed by atoms with van der Waals surface area (Å²) >= 11 is 0. The summed E-state index contributed by atoms with van der Waals surface area (Å²) in [7, 11) is 5.19. The van der Waals surface area contributed by atoms with Crippen molar-refractivity contribution in [2.75, 3.05) is 34.3 Å². The number of guanidine groups is 1. The number of amides is 1. The van der Waals surface area contributed by atoms with Gasteiger partial charge in [-0.15, -0.1) is 24.0 Å². The number of hydrogen-bond acceptors (Lipinski definition) is 3. The molecular weight excluding hydrogens is 467 g/mol. The number of carbonyl (C=O) groups excluding carboxylic acids is 1. The fourth-order valence-electron chi connectivity index (χ4n) is 3.21. The number of aliphatic imine (C=N–C) groups is 1. The average molecular weight is 502 g/mol. The van der Waals surface area contributed by atoms with Crippen molar-refractivity contribution in [1.82, 2.24) is 15.5 Å². The Labute approximate surface area is 186 Å². The van der Waals surface area contributed by atoms with E-state index in [1.165, 1.54) is 31.2 Å². The third-order valence-electron chi connectivity index (χ3n) is 5.12. The molecule has 0 aromatic heterocycles. The Kier molecular flexibility index (Phi) is 11.3. The van der Waals surface area contributed by atoms with Gasteiger partial charge in [0.2, 0.25) is 5.91 Å². The van der Waals surface area contributed by atoms with Crippen molar-refractivity contribution in [3.8, 4) is 5.75 Å². The first-order valence-corrected chi connectivity index (χ1v) is 9.88. The third kappa shape index (κ3) is 8.24. The second kappa shape index (κ2) is 12.9. The highest BCUT2D eigenvalue weighted by Crippen LogP contribution is 2.21. The van der Waals surface area contributed by atoms with Gasteiger partial charge in [0.05, 0.1) is 7.11 Å². The Balaban J connectivity index is 0.00000392. The molecule has 1 aliphatic carbocycles. The fraction of sp³-hybridized carbons (Fsp3) is 0.619. The molecule has 0 spiro atoms. The smallest absolute Gasteiger partial charge is 0.243 e. The molecule has 1 aromatic carbocycles. The number of methoxy groups -OCH3 is 1. The maximum absolute atomic E-state index is 11.9. The molecule has 1 aromatic rings. The van der Waals surface area contributed by atoms with Gasteiger partial charge >= 0.3 is 0 Å². The van der Waals surface area contributed by atoms with E-state index in [0.717, 1.165) is 24.7 Å². The molecule has 2 N–H and O–H groups in total. The van der Waals surface area contributed by atoms with E-state index >= 15 is 0 Å². The molecule has 7 heteroatoms. The lowest BCUT2D eigenvalue weighted by atomic mass is 9.98. The summed E-state index contributed by atoms with van der Waals surface area (Å²) in [5.41, 5.74) is 1.29. The van der Waals surface area contributed by atoms with Gasteiger partial charge in [0.15, 0.2) is 5.96 Å². The van der Waals surface area contributed by atoms with Crippen LogP contribution in [0.25, 0.3) is 0 Å². The van der Waals surface area contributed by atoms with Crippen molar-refractivity contribution in [3.05, 3.63) is 29.8 Å². The molecule has 1 atom stereocenters. The van der Waals surface area contributed by atoms with E-state index < -0.39 is 0 Å². The third-order valence-corrected chi connectivity index (χ3v) is 5.12. The van der Waals surface area contributed by atoms with E-state index in [2.05, 4.69) is 34.7 Å². The van der Waals surface area contributed by atoms with Gasteiger partial charge in [-0.3, -0.25) is 4.79 Å². The first-order chi connectivity index (χ1) is 13.0. The normalized spacial score (nSPS) is 15.5. The van der Waals surface area contributed by atoms with Crippen molar-refractivity contribution in [3.63, 3.8) is 0 Å². The molecule has 1 saturated carbocycles. The van der Waals surface area contributed by atoms with Gasteiger partial charge in [-0.25, -0.2) is 4.99 Å². The average Bonchev–Trinajstić information content (AvgIpc) is 3.18. The van der Waals surface area contributed by atoms with E-state index in [1.54, 1.807) is 26.1 Å². The molecule has 0 radical (unpaired) electrons. The monoisotopic (exact) mass is 502 g/mol. The van der Waals surface area contributed by atoms with E-state index in [4.69, 9.17) is 4.74 Å². The lowest BCUT2D eigenvalue weighted by Gasteiger charge is -2.19. The molecule has 1 unspecified atom stereocenters. The van der Waals surface area contributed by atoms with Crippen LogP contribution in [0.3, 0.4) is 0 Å². The predicted octanol–water partition coefficient (Wildman–Crippen LogP) is 3.37. The summed E-state index contributed by atoms with van der Waals surface area (Å²) in [4.78, 5) is 17.9. The number of carbonyl (C=O) groups is 1. The van der Waals surface area contributed by atoms with E-state index in [0.29, 0.717) is 12.0 Å². The fourth-order valence-corrected chi connectivity index (χ4v) is 3.21. The van der Waals surface area contributed by atoms with Crippen LogP contribution >= 0.6 is 24.0 Å². The molecule has 6 nitrogen and oxygen atoms in total. The topological polar surface area (TPSA) is 66.0 Å². The van der Waals surface area contributed by atoms with E-state index in [9.17, 15) is 4.79 Å². The van der Waals surface area contributed by atoms with Crippen LogP contribution in [0, 0.1) is 0 Å². The van der Waals surface area contributed by atoms with Crippen LogP contribution < -0.4 is 15.4 Å². The van der Waals surface area contributed by atoms with Gasteiger partial charge in [0, 0.05) is 26.7 Å². The Hall–Kier alpha value is -1.51. The number of halogens is 1. The Morgan fingerprint density at radius 2 is 1.89 bits per heavy atom. The number of hydrogen-bond donors (Lipinski definition) is 2. The number of nitrogens with zero attached hydrogens (tertiary/aromatic N) is 2. The molecular formula is C21H35IN4O2. The van der Waals surface area contributed by atoms with Gasteiger partial charge in [0.1, 0.15) is 12.3 Å². The van der Waals surface area contributed by atoms with Crippen LogP contribution in [-0.2, 0) is 4.79 Å². The van der Waals surface area contributed by atoms with Gasteiger partial charge < -0.3 is 20.3 Å². The van der Waals surface area contributed by atoms with Crippen LogP contribution in [0.5, 0.6) is 5.75 Å². The Bertz CT molecular complexity index is 613. The van der Waals surface area contributed by atoms with Gasteiger partial charge in [-0.05, 0) is 42.9 Å². The highest BCUT2D eigenvalue weighted by Gasteiger charge is 2.16. The van der Waals surface area contributed by atoms with Crippen molar-refractivity contribution in [1.29, 1.82) is 0 Å². The van der Waals surface area contributed by atoms with Crippen molar-refractivity contribution < 1.29 is 9.53 Å². The molecule has 2 rings (SSSR count). The largest absolute Gasteiger partial charge is 0.497 e. The summed E-state index contributed by atoms with van der Waals surface area (Å²) in [5, 5.41) is 6.90. The standard InChI is InChI=1S/C21H34N4O2.HI/c1-16(17-9-11-19(27-4)12-10-17)13-14-22-21(23-15-20(26)25(2)3)24-18-7-5-6-8-18;/h9-12,16,18H,5-8,13-15H2,1-4H3,(H2,22,23,24);1H. The number of benzene rings is 1. The van der Waals surface area contributed by atoms with E-state index in [1.807, 2.05) is 12.1 Å². The quantitative estimate of drug-likeness (QED) is 0.325. The molecule has 0 heterocycles. The van der Waals surface area contributed by atoms with E-state index in [-0.39, 0.29) is 36.4 Å². The zero-order valence-electron chi connectivity index (χ0n) is 17.5. The maximum atomic E-state index is 11.9. The predicted molar refractivity (Wildman–Crippen MR) is 126 cm³/mol. The molecule has 0 saturated heterocycles. The van der Waals surface area contributed by atoms with Crippen molar-refractivity contribution in [2.24, 2.45) is 4.99 Å². The highest BCUT2D eigenvalue weighted by molar-refractivity contribution is 14.0. The second-order valence-electron chi connectivity index (χ2n) is 7.47. The molecule has 0 bridgehead atoms. The van der Waals surface area contributed by atoms with Crippen LogP contribution in [-0.4, -0.2) is 57.1 Å². The first kappa shape index (κ1) is 24.5. The number of nitrogens with one attached hydrogen (secondary N) is 2. The molecule has 1 aliphatic rings. The minimum Gasteiger partial charge on any atom is -0.497 e. The summed E-state index contributed by atoms with van der Waals surface area (Å²) in [5.74, 6) is 2.07. The summed E-state index contributed by atoms with van der Waals surface area (Å²) in [6.07, 6.45) is 5.85. The maximum Gasteiger partial charge on any atom is 0.243 e. The van der Waals surface area contributed by atoms with Crippen LogP contribution in [0.4, 0.5) is 0 Å². The molecule has 1 fully saturated rings. The number of rotatable bonds is 8. The minimum atomic E-state index is 0. The molecule has 1 amide bonds. The minimum absolute atomic E-state index is 0. The van der Waals surface area contributed by atoms with Gasteiger partial charge in [0.25, 0.3) is 0 Å². The first-order valence-electron chi connectivity index (χ1n) is 9.88. The summed E-state index contributed by atoms with van der Waals surface area (Å²) in [6.45, 7) is 3.20. The molecule has 28 heavy (non-hydrogen) atoms. The zero-order chi connectivity index (χ0) is 19.6. The summed E-state index contributed by atoms with van der Waals surface area (Å²) < 4.78 is 5.22. The van der Waals surface area contributed by atoms with Gasteiger partial charge in [-0.2, -0.15) is 0 Å². The van der Waals surface area contributed by atoms with Crippen LogP contribution in [0.2, 0.25) is 0 Å². The summed E-state index contributed by atoms with van der Waals surface area (Å²) in [6, 6.07) is 8.70. The lowest BCUT2D eigenvalue weighted by Crippen LogP contribution is -2.43. The van der Waals surface area contributed by atoms with Crippen LogP contribution in [0.15, 0.2) is 29.3 Å². The van der Waals surface area contributed by atoms with Crippen LogP contribution in [0.1, 0.15) is 50.5 Å². The van der Waals surface area contributed by atoms with Gasteiger partial charge in [-0.1, -0.05) is 31.9 Å². The SMILES string of the molecule is COc1ccc(C(C)CCNC(=NCC(=O)N(C)C)NC2CCCC2)cc1.I.